The van der Waals surface area contributed by atoms with E-state index in [9.17, 15) is 13.2 Å². The van der Waals surface area contributed by atoms with Gasteiger partial charge in [0.25, 0.3) is 0 Å². The summed E-state index contributed by atoms with van der Waals surface area (Å²) >= 11 is 0. The average molecular weight is 496 g/mol. The van der Waals surface area contributed by atoms with Crippen molar-refractivity contribution in [1.29, 1.82) is 0 Å². The summed E-state index contributed by atoms with van der Waals surface area (Å²) in [5.41, 5.74) is -0.268. The molecule has 1 aliphatic carbocycles. The maximum atomic E-state index is 14.0. The number of aromatic nitrogens is 2. The smallest absolute Gasteiger partial charge is 0.420 e. The second kappa shape index (κ2) is 9.89. The molecule has 1 unspecified atom stereocenters. The highest BCUT2D eigenvalue weighted by Crippen LogP contribution is 2.44. The van der Waals surface area contributed by atoms with E-state index in [0.717, 1.165) is 44.8 Å². The molecular weight excluding hydrogens is 467 g/mol. The van der Waals surface area contributed by atoms with Crippen LogP contribution in [-0.4, -0.2) is 75.6 Å². The molecule has 2 aliphatic heterocycles. The topological polar surface area (TPSA) is 59.5 Å². The van der Waals surface area contributed by atoms with Gasteiger partial charge in [0, 0.05) is 37.9 Å². The second-order valence-electron chi connectivity index (χ2n) is 10.2. The summed E-state index contributed by atoms with van der Waals surface area (Å²) < 4.78 is 52.8. The number of alkyl halides is 3. The lowest BCUT2D eigenvalue weighted by Crippen LogP contribution is -2.56. The van der Waals surface area contributed by atoms with Crippen molar-refractivity contribution < 1.29 is 22.6 Å². The van der Waals surface area contributed by atoms with Gasteiger partial charge in [0.15, 0.2) is 5.82 Å². The Bertz CT molecular complexity index is 1070. The molecule has 11 heteroatoms. The van der Waals surface area contributed by atoms with Crippen molar-refractivity contribution in [2.45, 2.75) is 43.2 Å². The van der Waals surface area contributed by atoms with Crippen LogP contribution in [0.15, 0.2) is 30.3 Å². The number of methoxy groups -OCH3 is 1. The average Bonchev–Trinajstić information content (AvgIpc) is 3.43. The Morgan fingerprint density at radius 3 is 2.36 bits per heavy atom. The van der Waals surface area contributed by atoms with Crippen LogP contribution in [0.4, 0.5) is 19.0 Å². The van der Waals surface area contributed by atoms with Gasteiger partial charge < -0.3 is 19.7 Å². The first-order valence-electron chi connectivity index (χ1n) is 12.4. The Kier molecular flexibility index (Phi) is 6.98. The van der Waals surface area contributed by atoms with Gasteiger partial charge in [0.1, 0.15) is 11.3 Å². The number of rotatable bonds is 6. The molecular formula is C25H29B2F3N4O2. The normalized spacial score (nSPS) is 25.6. The zero-order valence-electron chi connectivity index (χ0n) is 20.3. The van der Waals surface area contributed by atoms with Crippen LogP contribution >= 0.6 is 0 Å². The number of nitrogens with one attached hydrogen (secondary N) is 1. The molecule has 1 N–H and O–H groups in total. The third-order valence-electron chi connectivity index (χ3n) is 8.00. The Balaban J connectivity index is 1.28. The molecule has 1 saturated carbocycles. The van der Waals surface area contributed by atoms with Gasteiger partial charge in [-0.3, -0.25) is 0 Å². The molecule has 36 heavy (non-hydrogen) atoms. The number of nitrogens with zero attached hydrogens (tertiary/aromatic N) is 3. The number of halogens is 3. The Morgan fingerprint density at radius 2 is 1.72 bits per heavy atom. The lowest BCUT2D eigenvalue weighted by Gasteiger charge is -2.45. The summed E-state index contributed by atoms with van der Waals surface area (Å²) in [5.74, 6) is 1.01. The molecule has 3 atom stereocenters. The predicted octanol–water partition coefficient (Wildman–Crippen LogP) is 3.71. The first-order valence-corrected chi connectivity index (χ1v) is 12.4. The van der Waals surface area contributed by atoms with Gasteiger partial charge in [0.05, 0.1) is 28.5 Å². The van der Waals surface area contributed by atoms with E-state index in [1.807, 2.05) is 0 Å². The van der Waals surface area contributed by atoms with Crippen molar-refractivity contribution in [3.63, 3.8) is 0 Å². The summed E-state index contributed by atoms with van der Waals surface area (Å²) in [5, 5.41) is 10.2. The van der Waals surface area contributed by atoms with Crippen LogP contribution in [0.5, 0.6) is 5.75 Å². The molecule has 2 saturated heterocycles. The summed E-state index contributed by atoms with van der Waals surface area (Å²) in [6, 6.07) is 7.72. The lowest BCUT2D eigenvalue weighted by atomic mass is 9.52. The number of likely N-dealkylation sites (tertiary alicyclic amines) is 1. The maximum Gasteiger partial charge on any atom is 0.420 e. The minimum atomic E-state index is -4.58. The second-order valence-corrected chi connectivity index (χ2v) is 10.2. The van der Waals surface area contributed by atoms with Crippen LogP contribution in [0.1, 0.15) is 31.2 Å². The van der Waals surface area contributed by atoms with Crippen molar-refractivity contribution in [2.75, 3.05) is 38.7 Å². The highest BCUT2D eigenvalue weighted by atomic mass is 19.4. The molecule has 1 aromatic heterocycles. The Hall–Kier alpha value is -2.26. The molecule has 3 aliphatic rings. The fraction of sp³-hybridized carbons (Fsp3) is 0.600. The maximum absolute atomic E-state index is 14.0. The van der Waals surface area contributed by atoms with Gasteiger partial charge in [-0.2, -0.15) is 13.2 Å². The van der Waals surface area contributed by atoms with Crippen LogP contribution in [0.2, 0.25) is 0 Å². The van der Waals surface area contributed by atoms with E-state index >= 15 is 0 Å². The minimum Gasteiger partial charge on any atom is -0.496 e. The zero-order valence-corrected chi connectivity index (χ0v) is 20.3. The van der Waals surface area contributed by atoms with E-state index in [-0.39, 0.29) is 23.5 Å². The van der Waals surface area contributed by atoms with E-state index < -0.39 is 17.1 Å². The highest BCUT2D eigenvalue weighted by molar-refractivity contribution is 6.40. The summed E-state index contributed by atoms with van der Waals surface area (Å²) in [6.45, 7) is 2.84. The van der Waals surface area contributed by atoms with Gasteiger partial charge in [0.2, 0.25) is 0 Å². The summed E-state index contributed by atoms with van der Waals surface area (Å²) in [4.78, 5) is 2.16. The molecule has 5 rings (SSSR count). The summed E-state index contributed by atoms with van der Waals surface area (Å²) in [6.07, 6.45) is -1.43. The summed E-state index contributed by atoms with van der Waals surface area (Å²) in [7, 11) is 14.6. The number of hydrogen-bond donors (Lipinski definition) is 1. The molecule has 1 aromatic carbocycles. The molecule has 2 aromatic rings. The van der Waals surface area contributed by atoms with Crippen LogP contribution in [-0.2, 0) is 10.9 Å². The number of hydrogen-bond acceptors (Lipinski definition) is 6. The van der Waals surface area contributed by atoms with Gasteiger partial charge in [-0.05, 0) is 61.6 Å². The fourth-order valence-electron chi connectivity index (χ4n) is 6.05. The van der Waals surface area contributed by atoms with Crippen molar-refractivity contribution in [3.8, 4) is 17.0 Å². The first-order chi connectivity index (χ1) is 17.2. The molecule has 3 fully saturated rings. The van der Waals surface area contributed by atoms with Gasteiger partial charge in [-0.15, -0.1) is 10.2 Å². The van der Waals surface area contributed by atoms with Crippen molar-refractivity contribution >= 4 is 21.5 Å². The SMILES string of the molecule is [B]C([B])(C1CCOCC1)N1C[C@H]2CC(Nc3nnc(-c4ccccc4OC)cc3C(F)(F)F)C[C@H]2C1. The number of fused-ring (bicyclic) bond motifs is 1. The van der Waals surface area contributed by atoms with Crippen molar-refractivity contribution in [3.05, 3.63) is 35.9 Å². The van der Waals surface area contributed by atoms with E-state index in [0.29, 0.717) is 36.4 Å². The monoisotopic (exact) mass is 496 g/mol. The van der Waals surface area contributed by atoms with Gasteiger partial charge >= 0.3 is 6.18 Å². The van der Waals surface area contributed by atoms with E-state index in [1.165, 1.54) is 7.11 Å². The minimum absolute atomic E-state index is 0.111. The van der Waals surface area contributed by atoms with E-state index in [4.69, 9.17) is 25.2 Å². The number of benzene rings is 1. The number of para-hydroxylation sites is 1. The van der Waals surface area contributed by atoms with Gasteiger partial charge in [-0.25, -0.2) is 0 Å². The zero-order chi connectivity index (χ0) is 25.5. The first kappa shape index (κ1) is 25.4. The van der Waals surface area contributed by atoms with E-state index in [2.05, 4.69) is 20.4 Å². The molecule has 4 radical (unpaired) electrons. The fourth-order valence-corrected chi connectivity index (χ4v) is 6.05. The van der Waals surface area contributed by atoms with Crippen LogP contribution in [0.25, 0.3) is 11.3 Å². The number of anilines is 1. The highest BCUT2D eigenvalue weighted by Gasteiger charge is 2.47. The third kappa shape index (κ3) is 4.96. The molecule has 0 amide bonds. The Morgan fingerprint density at radius 1 is 1.06 bits per heavy atom. The van der Waals surface area contributed by atoms with Crippen molar-refractivity contribution in [1.82, 2.24) is 15.1 Å². The Labute approximate surface area is 212 Å². The van der Waals surface area contributed by atoms with Gasteiger partial charge in [-0.1, -0.05) is 17.5 Å². The molecule has 0 spiro atoms. The predicted molar refractivity (Wildman–Crippen MR) is 132 cm³/mol. The van der Waals surface area contributed by atoms with Crippen LogP contribution in [0, 0.1) is 17.8 Å². The third-order valence-corrected chi connectivity index (χ3v) is 8.00. The van der Waals surface area contributed by atoms with Crippen LogP contribution in [0.3, 0.4) is 0 Å². The largest absolute Gasteiger partial charge is 0.496 e. The number of ether oxygens (including phenoxy) is 2. The quantitative estimate of drug-likeness (QED) is 0.616. The van der Waals surface area contributed by atoms with Crippen LogP contribution < -0.4 is 10.1 Å². The van der Waals surface area contributed by atoms with E-state index in [1.54, 1.807) is 24.3 Å². The molecule has 188 valence electrons. The lowest BCUT2D eigenvalue weighted by molar-refractivity contribution is -0.137. The standard InChI is InChI=1S/C25H29B2F3N4O2/c1-35-22-5-3-2-4-19(22)21-12-20(25(28,29)30)23(33-32-21)31-18-10-15-13-34(14-16(15)11-18)24(26,27)17-6-8-36-9-7-17/h2-5,12,15-18H,6-11,13-14H2,1H3,(H,31,33)/t15-,16+,18?. The molecule has 0 bridgehead atoms. The molecule has 3 heterocycles. The molecule has 6 nitrogen and oxygen atoms in total. The van der Waals surface area contributed by atoms with Crippen molar-refractivity contribution in [2.24, 2.45) is 17.8 Å².